The van der Waals surface area contributed by atoms with Gasteiger partial charge in [0.2, 0.25) is 0 Å². The van der Waals surface area contributed by atoms with Crippen LogP contribution >= 0.6 is 0 Å². The number of nitrogens with one attached hydrogen (secondary N) is 1. The van der Waals surface area contributed by atoms with Crippen LogP contribution in [0.3, 0.4) is 0 Å². The summed E-state index contributed by atoms with van der Waals surface area (Å²) in [6.45, 7) is 5.32. The van der Waals surface area contributed by atoms with Gasteiger partial charge in [0.15, 0.2) is 0 Å². The Morgan fingerprint density at radius 1 is 1.07 bits per heavy atom. The number of piperazine rings is 1. The van der Waals surface area contributed by atoms with Gasteiger partial charge in [-0.3, -0.25) is 9.69 Å². The molecule has 0 amide bonds. The lowest BCUT2D eigenvalue weighted by molar-refractivity contribution is -0.150. The highest BCUT2D eigenvalue weighted by atomic mass is 16.6. The number of aromatic amines is 1. The molecule has 5 nitrogen and oxygen atoms in total. The number of nitrogens with zero attached hydrogens (tertiary/aromatic N) is 2. The van der Waals surface area contributed by atoms with E-state index >= 15 is 0 Å². The molecule has 1 aromatic carbocycles. The lowest BCUT2D eigenvalue weighted by atomic mass is 9.72. The Balaban J connectivity index is 1.11. The largest absolute Gasteiger partial charge is 0.462 e. The minimum Gasteiger partial charge on any atom is -0.462 e. The van der Waals surface area contributed by atoms with Crippen LogP contribution in [-0.4, -0.2) is 54.7 Å². The van der Waals surface area contributed by atoms with Crippen molar-refractivity contribution in [2.45, 2.75) is 51.0 Å². The predicted octanol–water partition coefficient (Wildman–Crippen LogP) is 3.95. The number of anilines is 1. The molecule has 150 valence electrons. The first-order valence-corrected chi connectivity index (χ1v) is 11.0. The number of esters is 1. The first kappa shape index (κ1) is 18.0. The quantitative estimate of drug-likeness (QED) is 0.815. The van der Waals surface area contributed by atoms with Crippen LogP contribution in [0.15, 0.2) is 30.5 Å². The molecule has 0 unspecified atom stereocenters. The number of cyclic esters (lactones) is 1. The maximum atomic E-state index is 12.4. The summed E-state index contributed by atoms with van der Waals surface area (Å²) in [6.07, 6.45) is 9.85. The molecule has 1 spiro atoms. The van der Waals surface area contributed by atoms with Crippen molar-refractivity contribution in [2.24, 2.45) is 5.41 Å². The molecule has 1 N–H and O–H groups in total. The monoisotopic (exact) mass is 381 g/mol. The van der Waals surface area contributed by atoms with Crippen LogP contribution < -0.4 is 4.90 Å². The van der Waals surface area contributed by atoms with E-state index in [0.717, 1.165) is 58.4 Å². The Kier molecular flexibility index (Phi) is 4.79. The van der Waals surface area contributed by atoms with E-state index in [1.54, 1.807) is 0 Å². The summed E-state index contributed by atoms with van der Waals surface area (Å²) < 4.78 is 5.79. The second-order valence-electron chi connectivity index (χ2n) is 8.94. The van der Waals surface area contributed by atoms with Crippen LogP contribution in [0.25, 0.3) is 10.9 Å². The number of hydrogen-bond acceptors (Lipinski definition) is 4. The van der Waals surface area contributed by atoms with Crippen molar-refractivity contribution in [1.29, 1.82) is 0 Å². The molecule has 0 radical (unpaired) electrons. The van der Waals surface area contributed by atoms with Gasteiger partial charge in [0.1, 0.15) is 6.10 Å². The van der Waals surface area contributed by atoms with Gasteiger partial charge in [-0.2, -0.15) is 0 Å². The van der Waals surface area contributed by atoms with E-state index in [-0.39, 0.29) is 17.5 Å². The number of benzene rings is 1. The Hall–Kier alpha value is -2.01. The van der Waals surface area contributed by atoms with Crippen LogP contribution in [0, 0.1) is 5.41 Å². The molecule has 3 aliphatic rings. The number of hydrogen-bond donors (Lipinski definition) is 1. The molecule has 1 aliphatic carbocycles. The van der Waals surface area contributed by atoms with Gasteiger partial charge in [0.25, 0.3) is 0 Å². The lowest BCUT2D eigenvalue weighted by Gasteiger charge is -2.36. The van der Waals surface area contributed by atoms with Crippen LogP contribution in [0.1, 0.15) is 44.9 Å². The van der Waals surface area contributed by atoms with Crippen LogP contribution in [-0.2, 0) is 9.53 Å². The van der Waals surface area contributed by atoms with Gasteiger partial charge in [0.05, 0.1) is 5.41 Å². The van der Waals surface area contributed by atoms with Crippen LogP contribution in [0.5, 0.6) is 0 Å². The van der Waals surface area contributed by atoms with E-state index in [1.807, 2.05) is 6.20 Å². The molecule has 3 fully saturated rings. The SMILES string of the molecule is O=C1O[C@H](CCN2CCN(c3ccc4[nH]ccc4c3)CC2)CC12CCCCC2. The zero-order valence-electron chi connectivity index (χ0n) is 16.7. The van der Waals surface area contributed by atoms with Gasteiger partial charge in [-0.25, -0.2) is 0 Å². The van der Waals surface area contributed by atoms with E-state index in [9.17, 15) is 4.79 Å². The van der Waals surface area contributed by atoms with E-state index in [1.165, 1.54) is 35.9 Å². The molecule has 1 saturated carbocycles. The van der Waals surface area contributed by atoms with Crippen molar-refractivity contribution in [3.8, 4) is 0 Å². The summed E-state index contributed by atoms with van der Waals surface area (Å²) in [5.41, 5.74) is 2.39. The van der Waals surface area contributed by atoms with Crippen LogP contribution in [0.4, 0.5) is 5.69 Å². The number of aromatic nitrogens is 1. The van der Waals surface area contributed by atoms with Gasteiger partial charge < -0.3 is 14.6 Å². The third kappa shape index (κ3) is 3.41. The minimum absolute atomic E-state index is 0.0992. The van der Waals surface area contributed by atoms with E-state index in [2.05, 4.69) is 39.0 Å². The standard InChI is InChI=1S/C23H31N3O2/c27-22-23(8-2-1-3-9-23)17-20(28-22)7-11-25-12-14-26(15-13-25)19-4-5-21-18(16-19)6-10-24-21/h4-6,10,16,20,24H,1-3,7-9,11-15,17H2/t20-/m1/s1. The van der Waals surface area contributed by atoms with Crippen molar-refractivity contribution in [1.82, 2.24) is 9.88 Å². The van der Waals surface area contributed by atoms with Gasteiger partial charge in [0, 0.05) is 61.9 Å². The molecule has 2 saturated heterocycles. The first-order chi connectivity index (χ1) is 13.7. The lowest BCUT2D eigenvalue weighted by Crippen LogP contribution is -2.47. The average molecular weight is 382 g/mol. The highest BCUT2D eigenvalue weighted by Crippen LogP contribution is 2.46. The third-order valence-electron chi connectivity index (χ3n) is 7.18. The number of rotatable bonds is 4. The second kappa shape index (κ2) is 7.43. The molecule has 3 heterocycles. The topological polar surface area (TPSA) is 48.6 Å². The highest BCUT2D eigenvalue weighted by molar-refractivity contribution is 5.83. The summed E-state index contributed by atoms with van der Waals surface area (Å²) in [5.74, 6) is 0.0992. The molecular formula is C23H31N3O2. The molecule has 1 aromatic heterocycles. The Morgan fingerprint density at radius 2 is 1.89 bits per heavy atom. The summed E-state index contributed by atoms with van der Waals surface area (Å²) >= 11 is 0. The summed E-state index contributed by atoms with van der Waals surface area (Å²) in [5, 5.41) is 1.28. The maximum absolute atomic E-state index is 12.4. The van der Waals surface area contributed by atoms with Gasteiger partial charge >= 0.3 is 5.97 Å². The molecule has 1 atom stereocenters. The first-order valence-electron chi connectivity index (χ1n) is 11.0. The van der Waals surface area contributed by atoms with Gasteiger partial charge in [-0.05, 0) is 43.5 Å². The fraction of sp³-hybridized carbons (Fsp3) is 0.609. The van der Waals surface area contributed by atoms with Crippen molar-refractivity contribution >= 4 is 22.6 Å². The Labute approximate surface area is 167 Å². The Bertz CT molecular complexity index is 831. The number of carbonyl (C=O) groups excluding carboxylic acids is 1. The number of ether oxygens (including phenoxy) is 1. The van der Waals surface area contributed by atoms with Crippen LogP contribution in [0.2, 0.25) is 0 Å². The maximum Gasteiger partial charge on any atom is 0.312 e. The molecule has 0 bridgehead atoms. The average Bonchev–Trinajstić information content (AvgIpc) is 3.32. The van der Waals surface area contributed by atoms with E-state index in [4.69, 9.17) is 4.74 Å². The molecule has 5 heteroatoms. The van der Waals surface area contributed by atoms with E-state index < -0.39 is 0 Å². The zero-order chi connectivity index (χ0) is 19.0. The Morgan fingerprint density at radius 3 is 2.71 bits per heavy atom. The fourth-order valence-corrected chi connectivity index (χ4v) is 5.43. The molecule has 2 aromatic rings. The third-order valence-corrected chi connectivity index (χ3v) is 7.18. The van der Waals surface area contributed by atoms with Gasteiger partial charge in [-0.15, -0.1) is 0 Å². The summed E-state index contributed by atoms with van der Waals surface area (Å²) in [7, 11) is 0. The smallest absolute Gasteiger partial charge is 0.312 e. The van der Waals surface area contributed by atoms with Crippen molar-refractivity contribution in [2.75, 3.05) is 37.6 Å². The molecule has 2 aliphatic heterocycles. The normalized spacial score (nSPS) is 25.5. The highest BCUT2D eigenvalue weighted by Gasteiger charge is 2.48. The fourth-order valence-electron chi connectivity index (χ4n) is 5.43. The second-order valence-corrected chi connectivity index (χ2v) is 8.94. The summed E-state index contributed by atoms with van der Waals surface area (Å²) in [6, 6.07) is 8.81. The van der Waals surface area contributed by atoms with E-state index in [0.29, 0.717) is 0 Å². The zero-order valence-corrected chi connectivity index (χ0v) is 16.7. The van der Waals surface area contributed by atoms with Crippen molar-refractivity contribution in [3.63, 3.8) is 0 Å². The summed E-state index contributed by atoms with van der Waals surface area (Å²) in [4.78, 5) is 20.7. The predicted molar refractivity (Wildman–Crippen MR) is 112 cm³/mol. The molecule has 28 heavy (non-hydrogen) atoms. The van der Waals surface area contributed by atoms with Crippen molar-refractivity contribution < 1.29 is 9.53 Å². The number of fused-ring (bicyclic) bond motifs is 1. The number of carbonyl (C=O) groups is 1. The molecule has 5 rings (SSSR count). The molecular weight excluding hydrogens is 350 g/mol. The minimum atomic E-state index is -0.127. The number of H-pyrrole nitrogens is 1. The van der Waals surface area contributed by atoms with Gasteiger partial charge in [-0.1, -0.05) is 19.3 Å². The van der Waals surface area contributed by atoms with Crippen molar-refractivity contribution in [3.05, 3.63) is 30.5 Å².